The molecule has 0 amide bonds. The van der Waals surface area contributed by atoms with Crippen molar-refractivity contribution in [3.63, 3.8) is 0 Å². The molecule has 1 aromatic heterocycles. The van der Waals surface area contributed by atoms with E-state index in [-0.39, 0.29) is 12.1 Å². The van der Waals surface area contributed by atoms with Gasteiger partial charge in [0, 0.05) is 30.9 Å². The first-order chi connectivity index (χ1) is 10.1. The van der Waals surface area contributed by atoms with Crippen molar-refractivity contribution in [1.29, 1.82) is 0 Å². The van der Waals surface area contributed by atoms with Gasteiger partial charge in [-0.15, -0.1) is 0 Å². The standard InChI is InChI=1S/C15H15FN2O3/c1-21-14-6-10(4-5-18-14)8-17-9-12-7-11(15(19)20)2-3-13(12)16/h2-7,17H,8-9H2,1H3,(H,19,20). The van der Waals surface area contributed by atoms with E-state index in [2.05, 4.69) is 10.3 Å². The number of benzene rings is 1. The van der Waals surface area contributed by atoms with Crippen LogP contribution in [0.4, 0.5) is 4.39 Å². The van der Waals surface area contributed by atoms with Gasteiger partial charge < -0.3 is 15.2 Å². The lowest BCUT2D eigenvalue weighted by Gasteiger charge is -2.08. The van der Waals surface area contributed by atoms with Gasteiger partial charge in [-0.2, -0.15) is 0 Å². The second kappa shape index (κ2) is 6.81. The summed E-state index contributed by atoms with van der Waals surface area (Å²) >= 11 is 0. The summed E-state index contributed by atoms with van der Waals surface area (Å²) in [6.07, 6.45) is 1.63. The maximum absolute atomic E-state index is 13.6. The number of carbonyl (C=O) groups is 1. The van der Waals surface area contributed by atoms with E-state index in [0.717, 1.165) is 11.6 Å². The SMILES string of the molecule is COc1cc(CNCc2cc(C(=O)O)ccc2F)ccn1. The van der Waals surface area contributed by atoms with Crippen LogP contribution in [0.3, 0.4) is 0 Å². The molecule has 0 saturated heterocycles. The molecule has 0 radical (unpaired) electrons. The maximum Gasteiger partial charge on any atom is 0.335 e. The number of hydrogen-bond donors (Lipinski definition) is 2. The summed E-state index contributed by atoms with van der Waals surface area (Å²) in [5.41, 5.74) is 1.33. The van der Waals surface area contributed by atoms with Gasteiger partial charge >= 0.3 is 5.97 Å². The van der Waals surface area contributed by atoms with Crippen LogP contribution in [-0.4, -0.2) is 23.2 Å². The third-order valence-corrected chi connectivity index (χ3v) is 2.95. The average molecular weight is 290 g/mol. The second-order valence-corrected chi connectivity index (χ2v) is 4.42. The first-order valence-electron chi connectivity index (χ1n) is 6.31. The van der Waals surface area contributed by atoms with Crippen LogP contribution in [0.5, 0.6) is 5.88 Å². The number of carboxylic acids is 1. The molecule has 5 nitrogen and oxygen atoms in total. The van der Waals surface area contributed by atoms with E-state index in [4.69, 9.17) is 9.84 Å². The summed E-state index contributed by atoms with van der Waals surface area (Å²) in [7, 11) is 1.53. The Morgan fingerprint density at radius 1 is 1.33 bits per heavy atom. The third kappa shape index (κ3) is 4.00. The molecule has 2 aromatic rings. The van der Waals surface area contributed by atoms with Gasteiger partial charge in [0.2, 0.25) is 5.88 Å². The van der Waals surface area contributed by atoms with Gasteiger partial charge in [0.1, 0.15) is 5.82 Å². The molecular weight excluding hydrogens is 275 g/mol. The largest absolute Gasteiger partial charge is 0.481 e. The Hall–Kier alpha value is -2.47. The molecule has 1 heterocycles. The quantitative estimate of drug-likeness (QED) is 0.853. The zero-order valence-electron chi connectivity index (χ0n) is 11.5. The molecule has 0 aliphatic heterocycles. The molecule has 0 saturated carbocycles. The summed E-state index contributed by atoms with van der Waals surface area (Å²) in [5, 5.41) is 12.0. The van der Waals surface area contributed by atoms with Crippen LogP contribution in [0, 0.1) is 5.82 Å². The van der Waals surface area contributed by atoms with Gasteiger partial charge in [0.15, 0.2) is 0 Å². The number of methoxy groups -OCH3 is 1. The predicted octanol–water partition coefficient (Wildman–Crippen LogP) is 2.22. The lowest BCUT2D eigenvalue weighted by atomic mass is 10.1. The van der Waals surface area contributed by atoms with E-state index >= 15 is 0 Å². The van der Waals surface area contributed by atoms with Crippen molar-refractivity contribution >= 4 is 5.97 Å². The number of hydrogen-bond acceptors (Lipinski definition) is 4. The smallest absolute Gasteiger partial charge is 0.335 e. The number of aromatic nitrogens is 1. The minimum absolute atomic E-state index is 0.0683. The number of pyridine rings is 1. The minimum Gasteiger partial charge on any atom is -0.481 e. The molecule has 0 unspecified atom stereocenters. The topological polar surface area (TPSA) is 71.5 Å². The highest BCUT2D eigenvalue weighted by atomic mass is 19.1. The van der Waals surface area contributed by atoms with Gasteiger partial charge in [-0.05, 0) is 29.8 Å². The third-order valence-electron chi connectivity index (χ3n) is 2.95. The molecule has 0 fully saturated rings. The summed E-state index contributed by atoms with van der Waals surface area (Å²) in [5.74, 6) is -0.997. The zero-order chi connectivity index (χ0) is 15.2. The van der Waals surface area contributed by atoms with E-state index in [0.29, 0.717) is 18.0 Å². The Kier molecular flexibility index (Phi) is 4.84. The highest BCUT2D eigenvalue weighted by Gasteiger charge is 2.08. The highest BCUT2D eigenvalue weighted by molar-refractivity contribution is 5.87. The van der Waals surface area contributed by atoms with E-state index in [9.17, 15) is 9.18 Å². The number of halogens is 1. The van der Waals surface area contributed by atoms with E-state index in [1.807, 2.05) is 6.07 Å². The number of nitrogens with one attached hydrogen (secondary N) is 1. The summed E-state index contributed by atoms with van der Waals surface area (Å²) in [6.45, 7) is 0.729. The average Bonchev–Trinajstić information content (AvgIpc) is 2.49. The van der Waals surface area contributed by atoms with Crippen LogP contribution in [0.25, 0.3) is 0 Å². The van der Waals surface area contributed by atoms with Crippen molar-refractivity contribution < 1.29 is 19.0 Å². The monoisotopic (exact) mass is 290 g/mol. The molecule has 2 N–H and O–H groups in total. The lowest BCUT2D eigenvalue weighted by molar-refractivity contribution is 0.0696. The van der Waals surface area contributed by atoms with Crippen molar-refractivity contribution in [2.75, 3.05) is 7.11 Å². The van der Waals surface area contributed by atoms with Crippen molar-refractivity contribution in [3.05, 3.63) is 59.0 Å². The Balaban J connectivity index is 1.99. The van der Waals surface area contributed by atoms with Crippen LogP contribution < -0.4 is 10.1 Å². The Bertz CT molecular complexity index is 647. The summed E-state index contributed by atoms with van der Waals surface area (Å²) in [6, 6.07) is 7.33. The zero-order valence-corrected chi connectivity index (χ0v) is 11.5. The molecule has 0 atom stereocenters. The number of nitrogens with zero attached hydrogens (tertiary/aromatic N) is 1. The first kappa shape index (κ1) is 14.9. The Morgan fingerprint density at radius 2 is 2.14 bits per heavy atom. The maximum atomic E-state index is 13.6. The number of ether oxygens (including phenoxy) is 1. The van der Waals surface area contributed by atoms with Crippen LogP contribution in [-0.2, 0) is 13.1 Å². The number of rotatable bonds is 6. The first-order valence-corrected chi connectivity index (χ1v) is 6.31. The highest BCUT2D eigenvalue weighted by Crippen LogP contribution is 2.12. The lowest BCUT2D eigenvalue weighted by Crippen LogP contribution is -2.14. The Labute approximate surface area is 121 Å². The molecule has 0 aliphatic carbocycles. The molecule has 0 spiro atoms. The van der Waals surface area contributed by atoms with Gasteiger partial charge in [-0.3, -0.25) is 0 Å². The number of aromatic carboxylic acids is 1. The Morgan fingerprint density at radius 3 is 2.86 bits per heavy atom. The van der Waals surface area contributed by atoms with Crippen molar-refractivity contribution in [2.24, 2.45) is 0 Å². The van der Waals surface area contributed by atoms with E-state index in [1.165, 1.54) is 19.2 Å². The van der Waals surface area contributed by atoms with E-state index < -0.39 is 11.8 Å². The minimum atomic E-state index is -1.07. The second-order valence-electron chi connectivity index (χ2n) is 4.42. The van der Waals surface area contributed by atoms with Crippen LogP contribution in [0.2, 0.25) is 0 Å². The molecule has 2 rings (SSSR count). The fraction of sp³-hybridized carbons (Fsp3) is 0.200. The van der Waals surface area contributed by atoms with Crippen LogP contribution in [0.15, 0.2) is 36.5 Å². The molecule has 1 aromatic carbocycles. The molecule has 0 aliphatic rings. The molecule has 21 heavy (non-hydrogen) atoms. The predicted molar refractivity (Wildman–Crippen MR) is 74.7 cm³/mol. The summed E-state index contributed by atoms with van der Waals surface area (Å²) < 4.78 is 18.6. The van der Waals surface area contributed by atoms with Gasteiger partial charge in [0.25, 0.3) is 0 Å². The van der Waals surface area contributed by atoms with Gasteiger partial charge in [-0.1, -0.05) is 0 Å². The number of carboxylic acid groups (broad SMARTS) is 1. The fourth-order valence-corrected chi connectivity index (χ4v) is 1.86. The van der Waals surface area contributed by atoms with Crippen LogP contribution in [0.1, 0.15) is 21.5 Å². The van der Waals surface area contributed by atoms with Crippen LogP contribution >= 0.6 is 0 Å². The molecule has 0 bridgehead atoms. The molecule has 6 heteroatoms. The fourth-order valence-electron chi connectivity index (χ4n) is 1.86. The van der Waals surface area contributed by atoms with E-state index in [1.54, 1.807) is 12.3 Å². The molecule has 110 valence electrons. The van der Waals surface area contributed by atoms with Crippen molar-refractivity contribution in [2.45, 2.75) is 13.1 Å². The normalized spacial score (nSPS) is 10.4. The van der Waals surface area contributed by atoms with Gasteiger partial charge in [0.05, 0.1) is 12.7 Å². The van der Waals surface area contributed by atoms with Crippen molar-refractivity contribution in [1.82, 2.24) is 10.3 Å². The summed E-state index contributed by atoms with van der Waals surface area (Å²) in [4.78, 5) is 14.9. The molecular formula is C15H15FN2O3. The van der Waals surface area contributed by atoms with Crippen molar-refractivity contribution in [3.8, 4) is 5.88 Å². The van der Waals surface area contributed by atoms with Gasteiger partial charge in [-0.25, -0.2) is 14.2 Å².